The second-order valence-electron chi connectivity index (χ2n) is 5.84. The molecule has 1 aromatic carbocycles. The SMILES string of the molecule is CC(C)(O)c1coc(S(=O)(=O)NC(=O)Nc2ccc3c(c2)OCO3)c1. The first-order chi connectivity index (χ1) is 11.6. The summed E-state index contributed by atoms with van der Waals surface area (Å²) < 4.78 is 41.4. The molecular formula is C15H16N2O7S. The van der Waals surface area contributed by atoms with Gasteiger partial charge in [-0.05, 0) is 26.0 Å². The van der Waals surface area contributed by atoms with Crippen molar-refractivity contribution in [1.29, 1.82) is 0 Å². The van der Waals surface area contributed by atoms with E-state index < -0.39 is 26.7 Å². The van der Waals surface area contributed by atoms with Gasteiger partial charge in [0.1, 0.15) is 0 Å². The fraction of sp³-hybridized carbons (Fsp3) is 0.267. The summed E-state index contributed by atoms with van der Waals surface area (Å²) in [6, 6.07) is 4.82. The van der Waals surface area contributed by atoms with Crippen LogP contribution in [0.4, 0.5) is 10.5 Å². The van der Waals surface area contributed by atoms with Gasteiger partial charge in [-0.3, -0.25) is 0 Å². The molecule has 0 fully saturated rings. The fourth-order valence-corrected chi connectivity index (χ4v) is 2.93. The van der Waals surface area contributed by atoms with Crippen LogP contribution in [0, 0.1) is 0 Å². The van der Waals surface area contributed by atoms with E-state index >= 15 is 0 Å². The zero-order chi connectivity index (χ0) is 18.2. The molecule has 0 saturated carbocycles. The van der Waals surface area contributed by atoms with E-state index in [0.29, 0.717) is 17.2 Å². The standard InChI is InChI=1S/C15H16N2O7S/c1-15(2,19)9-5-13(22-7-9)25(20,21)17-14(18)16-10-3-4-11-12(6-10)24-8-23-11/h3-7,19H,8H2,1-2H3,(H2,16,17,18). The summed E-state index contributed by atoms with van der Waals surface area (Å²) in [7, 11) is -4.23. The lowest BCUT2D eigenvalue weighted by Crippen LogP contribution is -2.34. The molecule has 2 heterocycles. The topological polar surface area (TPSA) is 127 Å². The number of ether oxygens (including phenoxy) is 2. The molecule has 2 aromatic rings. The molecule has 0 atom stereocenters. The quantitative estimate of drug-likeness (QED) is 0.750. The van der Waals surface area contributed by atoms with Gasteiger partial charge in [0.25, 0.3) is 10.0 Å². The minimum atomic E-state index is -4.23. The summed E-state index contributed by atoms with van der Waals surface area (Å²) in [5, 5.41) is 11.7. The molecule has 10 heteroatoms. The van der Waals surface area contributed by atoms with Gasteiger partial charge in [0, 0.05) is 23.4 Å². The van der Waals surface area contributed by atoms with Crippen LogP contribution in [-0.2, 0) is 15.6 Å². The van der Waals surface area contributed by atoms with Crippen LogP contribution in [0.15, 0.2) is 40.0 Å². The highest BCUT2D eigenvalue weighted by Crippen LogP contribution is 2.34. The predicted molar refractivity (Wildman–Crippen MR) is 85.9 cm³/mol. The highest BCUT2D eigenvalue weighted by atomic mass is 32.2. The molecule has 1 aliphatic heterocycles. The van der Waals surface area contributed by atoms with Gasteiger partial charge in [0.05, 0.1) is 11.9 Å². The molecule has 0 bridgehead atoms. The maximum Gasteiger partial charge on any atom is 0.333 e. The summed E-state index contributed by atoms with van der Waals surface area (Å²) in [6.45, 7) is 3.05. The van der Waals surface area contributed by atoms with Gasteiger partial charge >= 0.3 is 6.03 Å². The first kappa shape index (κ1) is 17.1. The van der Waals surface area contributed by atoms with Crippen LogP contribution in [0.1, 0.15) is 19.4 Å². The summed E-state index contributed by atoms with van der Waals surface area (Å²) in [6.07, 6.45) is 1.12. The number of carbonyl (C=O) groups excluding carboxylic acids is 1. The Morgan fingerprint density at radius 3 is 2.60 bits per heavy atom. The fourth-order valence-electron chi connectivity index (χ4n) is 2.08. The van der Waals surface area contributed by atoms with E-state index in [1.807, 2.05) is 4.72 Å². The lowest BCUT2D eigenvalue weighted by atomic mass is 10.0. The molecule has 2 amide bonds. The molecule has 0 spiro atoms. The van der Waals surface area contributed by atoms with Crippen LogP contribution in [-0.4, -0.2) is 26.3 Å². The molecule has 134 valence electrons. The number of hydrogen-bond acceptors (Lipinski definition) is 7. The van der Waals surface area contributed by atoms with E-state index in [0.717, 1.165) is 12.3 Å². The van der Waals surface area contributed by atoms with Crippen LogP contribution in [0.5, 0.6) is 11.5 Å². The number of sulfonamides is 1. The number of aliphatic hydroxyl groups is 1. The van der Waals surface area contributed by atoms with Crippen molar-refractivity contribution in [2.45, 2.75) is 24.5 Å². The van der Waals surface area contributed by atoms with Crippen LogP contribution in [0.25, 0.3) is 0 Å². The molecule has 1 aliphatic rings. The Labute approximate surface area is 143 Å². The molecule has 25 heavy (non-hydrogen) atoms. The number of nitrogens with one attached hydrogen (secondary N) is 2. The number of benzene rings is 1. The number of fused-ring (bicyclic) bond motifs is 1. The normalized spacial score (nSPS) is 13.6. The van der Waals surface area contributed by atoms with Gasteiger partial charge in [-0.2, -0.15) is 8.42 Å². The highest BCUT2D eigenvalue weighted by Gasteiger charge is 2.26. The molecule has 9 nitrogen and oxygen atoms in total. The van der Waals surface area contributed by atoms with Gasteiger partial charge in [-0.25, -0.2) is 9.52 Å². The van der Waals surface area contributed by atoms with Crippen molar-refractivity contribution in [2.75, 3.05) is 12.1 Å². The maximum absolute atomic E-state index is 12.2. The largest absolute Gasteiger partial charge is 0.454 e. The average molecular weight is 368 g/mol. The van der Waals surface area contributed by atoms with Crippen LogP contribution in [0.2, 0.25) is 0 Å². The number of furan rings is 1. The number of amides is 2. The van der Waals surface area contributed by atoms with Crippen molar-refractivity contribution in [3.63, 3.8) is 0 Å². The van der Waals surface area contributed by atoms with Crippen molar-refractivity contribution >= 4 is 21.7 Å². The van der Waals surface area contributed by atoms with E-state index in [9.17, 15) is 18.3 Å². The first-order valence-corrected chi connectivity index (χ1v) is 8.68. The van der Waals surface area contributed by atoms with Gasteiger partial charge in [-0.15, -0.1) is 0 Å². The van der Waals surface area contributed by atoms with Crippen molar-refractivity contribution in [1.82, 2.24) is 4.72 Å². The second kappa shape index (κ2) is 5.97. The van der Waals surface area contributed by atoms with E-state index in [2.05, 4.69) is 5.32 Å². The zero-order valence-corrected chi connectivity index (χ0v) is 14.2. The minimum Gasteiger partial charge on any atom is -0.454 e. The Balaban J connectivity index is 1.70. The van der Waals surface area contributed by atoms with Crippen molar-refractivity contribution < 1.29 is 32.2 Å². The summed E-state index contributed by atoms with van der Waals surface area (Å²) in [5.74, 6) is 0.981. The van der Waals surface area contributed by atoms with Crippen LogP contribution < -0.4 is 19.5 Å². The van der Waals surface area contributed by atoms with E-state index in [1.165, 1.54) is 19.9 Å². The molecule has 0 saturated heterocycles. The average Bonchev–Trinajstić information content (AvgIpc) is 3.15. The Morgan fingerprint density at radius 1 is 1.20 bits per heavy atom. The van der Waals surface area contributed by atoms with Gasteiger partial charge < -0.3 is 24.3 Å². The lowest BCUT2D eigenvalue weighted by molar-refractivity contribution is 0.0779. The Hall–Kier alpha value is -2.72. The summed E-state index contributed by atoms with van der Waals surface area (Å²) in [4.78, 5) is 11.9. The van der Waals surface area contributed by atoms with Crippen LogP contribution in [0.3, 0.4) is 0 Å². The molecular weight excluding hydrogens is 352 g/mol. The van der Waals surface area contributed by atoms with Gasteiger partial charge in [0.2, 0.25) is 11.9 Å². The first-order valence-electron chi connectivity index (χ1n) is 7.20. The summed E-state index contributed by atoms with van der Waals surface area (Å²) in [5.41, 5.74) is -0.677. The minimum absolute atomic E-state index is 0.0847. The van der Waals surface area contributed by atoms with Gasteiger partial charge in [0.15, 0.2) is 11.5 Å². The maximum atomic E-state index is 12.2. The number of carbonyl (C=O) groups is 1. The Kier molecular flexibility index (Phi) is 4.09. The third-order valence-electron chi connectivity index (χ3n) is 3.40. The predicted octanol–water partition coefficient (Wildman–Crippen LogP) is 1.75. The highest BCUT2D eigenvalue weighted by molar-refractivity contribution is 7.89. The Morgan fingerprint density at radius 2 is 1.92 bits per heavy atom. The number of anilines is 1. The molecule has 0 radical (unpaired) electrons. The Bertz CT molecular complexity index is 912. The monoisotopic (exact) mass is 368 g/mol. The summed E-state index contributed by atoms with van der Waals surface area (Å²) >= 11 is 0. The smallest absolute Gasteiger partial charge is 0.333 e. The second-order valence-corrected chi connectivity index (χ2v) is 7.45. The molecule has 3 N–H and O–H groups in total. The van der Waals surface area contributed by atoms with E-state index in [4.69, 9.17) is 13.9 Å². The van der Waals surface area contributed by atoms with E-state index in [-0.39, 0.29) is 12.4 Å². The lowest BCUT2D eigenvalue weighted by Gasteiger charge is -2.13. The number of hydrogen-bond donors (Lipinski definition) is 3. The van der Waals surface area contributed by atoms with E-state index in [1.54, 1.807) is 12.1 Å². The molecule has 1 aromatic heterocycles. The number of rotatable bonds is 4. The number of urea groups is 1. The molecule has 0 unspecified atom stereocenters. The third kappa shape index (κ3) is 3.69. The van der Waals surface area contributed by atoms with Crippen molar-refractivity contribution in [2.24, 2.45) is 0 Å². The van der Waals surface area contributed by atoms with Crippen molar-refractivity contribution in [3.05, 3.63) is 36.1 Å². The third-order valence-corrected chi connectivity index (χ3v) is 4.60. The zero-order valence-electron chi connectivity index (χ0n) is 13.4. The molecule has 3 rings (SSSR count). The van der Waals surface area contributed by atoms with Crippen LogP contribution >= 0.6 is 0 Å². The molecule has 0 aliphatic carbocycles. The van der Waals surface area contributed by atoms with Crippen molar-refractivity contribution in [3.8, 4) is 11.5 Å². The van der Waals surface area contributed by atoms with Gasteiger partial charge in [-0.1, -0.05) is 0 Å².